The second-order valence-electron chi connectivity index (χ2n) is 5.25. The molecule has 0 saturated heterocycles. The minimum absolute atomic E-state index is 0.285. The fourth-order valence-corrected chi connectivity index (χ4v) is 3.65. The highest BCUT2D eigenvalue weighted by Gasteiger charge is 2.29. The molecular weight excluding hydrogens is 300 g/mol. The summed E-state index contributed by atoms with van der Waals surface area (Å²) in [5.41, 5.74) is 3.72. The number of aryl methyl sites for hydroxylation is 1. The van der Waals surface area contributed by atoms with Gasteiger partial charge >= 0.3 is 5.97 Å². The Morgan fingerprint density at radius 3 is 3.05 bits per heavy atom. The Morgan fingerprint density at radius 1 is 1.45 bits per heavy atom. The number of carboxylic acids is 1. The summed E-state index contributed by atoms with van der Waals surface area (Å²) in [6.45, 7) is 1.74. The summed E-state index contributed by atoms with van der Waals surface area (Å²) in [4.78, 5) is 17.4. The van der Waals surface area contributed by atoms with Crippen LogP contribution < -0.4 is 0 Å². The van der Waals surface area contributed by atoms with Gasteiger partial charge in [0.25, 0.3) is 5.71 Å². The van der Waals surface area contributed by atoms with E-state index in [0.29, 0.717) is 23.2 Å². The summed E-state index contributed by atoms with van der Waals surface area (Å²) in [6.07, 6.45) is 3.55. The molecular formula is C16H12N2O3S. The minimum Gasteiger partial charge on any atom is -0.478 e. The molecule has 0 saturated carbocycles. The summed E-state index contributed by atoms with van der Waals surface area (Å²) in [7, 11) is 0. The third-order valence-corrected chi connectivity index (χ3v) is 4.74. The zero-order valence-corrected chi connectivity index (χ0v) is 12.6. The normalized spacial score (nSPS) is 15.6. The third kappa shape index (κ3) is 1.88. The number of hydrogen-bond acceptors (Lipinski definition) is 5. The van der Waals surface area contributed by atoms with Gasteiger partial charge in [-0.2, -0.15) is 0 Å². The standard InChI is InChI=1S/C16H12N2O3S/c1-8-12-13(16(19)20)11-5-4-9(7-10-3-2-6-22-10)14(11)17-15(12)21-18-8/h2-3,6-7H,4-5H2,1H3,(H,19,20)/b9-7+. The Labute approximate surface area is 129 Å². The lowest BCUT2D eigenvalue weighted by atomic mass is 10.0. The van der Waals surface area contributed by atoms with Crippen molar-refractivity contribution in [2.75, 3.05) is 0 Å². The molecule has 0 amide bonds. The second-order valence-corrected chi connectivity index (χ2v) is 6.23. The molecule has 1 N–H and O–H groups in total. The van der Waals surface area contributed by atoms with Crippen LogP contribution in [0.5, 0.6) is 0 Å². The number of aromatic nitrogens is 2. The van der Waals surface area contributed by atoms with E-state index in [0.717, 1.165) is 28.1 Å². The Bertz CT molecular complexity index is 923. The van der Waals surface area contributed by atoms with Crippen molar-refractivity contribution in [2.24, 2.45) is 0 Å². The molecule has 0 unspecified atom stereocenters. The van der Waals surface area contributed by atoms with Crippen LogP contribution in [0.1, 0.15) is 38.6 Å². The monoisotopic (exact) mass is 312 g/mol. The molecule has 3 aromatic heterocycles. The molecule has 0 fully saturated rings. The van der Waals surface area contributed by atoms with Crippen LogP contribution in [0.25, 0.3) is 22.7 Å². The van der Waals surface area contributed by atoms with Crippen LogP contribution >= 0.6 is 11.3 Å². The van der Waals surface area contributed by atoms with E-state index in [1.165, 1.54) is 0 Å². The first-order valence-electron chi connectivity index (χ1n) is 6.91. The topological polar surface area (TPSA) is 76.2 Å². The average Bonchev–Trinajstić information content (AvgIpc) is 3.20. The summed E-state index contributed by atoms with van der Waals surface area (Å²) in [6, 6.07) is 4.02. The fraction of sp³-hybridized carbons (Fsp3) is 0.188. The Kier molecular flexibility index (Phi) is 2.87. The van der Waals surface area contributed by atoms with Crippen molar-refractivity contribution in [2.45, 2.75) is 19.8 Å². The van der Waals surface area contributed by atoms with Crippen molar-refractivity contribution >= 4 is 40.1 Å². The molecule has 4 rings (SSSR count). The van der Waals surface area contributed by atoms with Crippen molar-refractivity contribution in [3.05, 3.63) is 44.9 Å². The van der Waals surface area contributed by atoms with E-state index < -0.39 is 5.97 Å². The van der Waals surface area contributed by atoms with E-state index >= 15 is 0 Å². The number of rotatable bonds is 2. The van der Waals surface area contributed by atoms with Crippen LogP contribution in [0.15, 0.2) is 22.0 Å². The molecule has 1 aliphatic rings. The van der Waals surface area contributed by atoms with E-state index in [2.05, 4.69) is 16.2 Å². The highest BCUT2D eigenvalue weighted by Crippen LogP contribution is 2.38. The van der Waals surface area contributed by atoms with E-state index in [1.807, 2.05) is 17.5 Å². The SMILES string of the molecule is Cc1noc2nc3c(c(C(=O)O)c12)CC/C3=C\c1cccs1. The Morgan fingerprint density at radius 2 is 2.32 bits per heavy atom. The van der Waals surface area contributed by atoms with Gasteiger partial charge in [0.15, 0.2) is 0 Å². The first-order chi connectivity index (χ1) is 10.6. The highest BCUT2D eigenvalue weighted by molar-refractivity contribution is 7.10. The molecule has 110 valence electrons. The maximum absolute atomic E-state index is 11.7. The van der Waals surface area contributed by atoms with Crippen LogP contribution in [0, 0.1) is 6.92 Å². The van der Waals surface area contributed by atoms with Gasteiger partial charge in [0.05, 0.1) is 22.3 Å². The minimum atomic E-state index is -0.952. The number of fused-ring (bicyclic) bond motifs is 2. The molecule has 6 heteroatoms. The number of carboxylic acid groups (broad SMARTS) is 1. The van der Waals surface area contributed by atoms with Gasteiger partial charge in [-0.15, -0.1) is 11.3 Å². The lowest BCUT2D eigenvalue weighted by molar-refractivity contribution is 0.0697. The largest absolute Gasteiger partial charge is 0.478 e. The molecule has 3 heterocycles. The average molecular weight is 312 g/mol. The zero-order valence-electron chi connectivity index (χ0n) is 11.8. The zero-order chi connectivity index (χ0) is 15.3. The van der Waals surface area contributed by atoms with Crippen molar-refractivity contribution in [3.63, 3.8) is 0 Å². The van der Waals surface area contributed by atoms with Gasteiger partial charge in [0.2, 0.25) is 0 Å². The number of carbonyl (C=O) groups is 1. The smallest absolute Gasteiger partial charge is 0.336 e. The van der Waals surface area contributed by atoms with Gasteiger partial charge in [-0.1, -0.05) is 11.2 Å². The molecule has 0 spiro atoms. The Balaban J connectivity index is 1.99. The summed E-state index contributed by atoms with van der Waals surface area (Å²) in [5.74, 6) is -0.952. The second kappa shape index (κ2) is 4.78. The van der Waals surface area contributed by atoms with E-state index in [4.69, 9.17) is 4.52 Å². The number of nitrogens with zero attached hydrogens (tertiary/aromatic N) is 2. The van der Waals surface area contributed by atoms with Gasteiger partial charge in [0, 0.05) is 4.88 Å². The predicted octanol–water partition coefficient (Wildman–Crippen LogP) is 3.78. The van der Waals surface area contributed by atoms with Crippen LogP contribution in [0.3, 0.4) is 0 Å². The lowest BCUT2D eigenvalue weighted by Crippen LogP contribution is -2.05. The molecule has 3 aromatic rings. The molecule has 1 aliphatic carbocycles. The molecule has 0 bridgehead atoms. The van der Waals surface area contributed by atoms with Crippen molar-refractivity contribution in [1.29, 1.82) is 0 Å². The number of aromatic carboxylic acids is 1. The van der Waals surface area contributed by atoms with Gasteiger partial charge in [0.1, 0.15) is 0 Å². The van der Waals surface area contributed by atoms with E-state index in [-0.39, 0.29) is 5.56 Å². The predicted molar refractivity (Wildman–Crippen MR) is 84.0 cm³/mol. The van der Waals surface area contributed by atoms with Crippen LogP contribution in [0.4, 0.5) is 0 Å². The maximum atomic E-state index is 11.7. The summed E-state index contributed by atoms with van der Waals surface area (Å²) in [5, 5.41) is 16.0. The number of pyridine rings is 1. The molecule has 0 aliphatic heterocycles. The quantitative estimate of drug-likeness (QED) is 0.779. The summed E-state index contributed by atoms with van der Waals surface area (Å²) >= 11 is 1.65. The van der Waals surface area contributed by atoms with Gasteiger partial charge < -0.3 is 9.63 Å². The third-order valence-electron chi connectivity index (χ3n) is 3.92. The molecule has 22 heavy (non-hydrogen) atoms. The van der Waals surface area contributed by atoms with E-state index in [9.17, 15) is 9.90 Å². The van der Waals surface area contributed by atoms with Crippen molar-refractivity contribution in [3.8, 4) is 0 Å². The molecule has 0 atom stereocenters. The fourth-order valence-electron chi connectivity index (χ4n) is 2.97. The van der Waals surface area contributed by atoms with Crippen molar-refractivity contribution in [1.82, 2.24) is 10.1 Å². The highest BCUT2D eigenvalue weighted by atomic mass is 32.1. The molecule has 0 radical (unpaired) electrons. The number of thiophene rings is 1. The first kappa shape index (κ1) is 13.2. The number of allylic oxidation sites excluding steroid dienone is 1. The molecule has 5 nitrogen and oxygen atoms in total. The Hall–Kier alpha value is -2.47. The number of hydrogen-bond donors (Lipinski definition) is 1. The van der Waals surface area contributed by atoms with Gasteiger partial charge in [-0.05, 0) is 48.4 Å². The molecule has 0 aromatic carbocycles. The van der Waals surface area contributed by atoms with Gasteiger partial charge in [-0.25, -0.2) is 9.78 Å². The van der Waals surface area contributed by atoms with Crippen LogP contribution in [-0.2, 0) is 6.42 Å². The van der Waals surface area contributed by atoms with Crippen molar-refractivity contribution < 1.29 is 14.4 Å². The first-order valence-corrected chi connectivity index (χ1v) is 7.79. The summed E-state index contributed by atoms with van der Waals surface area (Å²) < 4.78 is 5.20. The van der Waals surface area contributed by atoms with E-state index in [1.54, 1.807) is 18.3 Å². The lowest BCUT2D eigenvalue weighted by Gasteiger charge is -2.05. The van der Waals surface area contributed by atoms with Crippen LogP contribution in [-0.4, -0.2) is 21.2 Å². The van der Waals surface area contributed by atoms with Gasteiger partial charge in [-0.3, -0.25) is 0 Å². The maximum Gasteiger partial charge on any atom is 0.336 e. The van der Waals surface area contributed by atoms with Crippen LogP contribution in [0.2, 0.25) is 0 Å².